The largest absolute Gasteiger partial charge is 0.344 e. The van der Waals surface area contributed by atoms with Gasteiger partial charge in [-0.3, -0.25) is 0 Å². The van der Waals surface area contributed by atoms with E-state index in [9.17, 15) is 0 Å². The first-order valence-electron chi connectivity index (χ1n) is 2.34. The van der Waals surface area contributed by atoms with Gasteiger partial charge in [-0.15, -0.1) is 24.8 Å². The van der Waals surface area contributed by atoms with Crippen LogP contribution in [0.15, 0.2) is 0 Å². The van der Waals surface area contributed by atoms with E-state index in [4.69, 9.17) is 0 Å². The molecule has 9 heavy (non-hydrogen) atoms. The van der Waals surface area contributed by atoms with Crippen LogP contribution < -0.4 is 6.15 Å². The molecule has 0 radical (unpaired) electrons. The average Bonchev–Trinajstić information content (AvgIpc) is 1.41. The van der Waals surface area contributed by atoms with Crippen molar-refractivity contribution in [1.82, 2.24) is 11.1 Å². The molecule has 0 rings (SSSR count). The van der Waals surface area contributed by atoms with Gasteiger partial charge in [0.25, 0.3) is 0 Å². The minimum atomic E-state index is 0. The summed E-state index contributed by atoms with van der Waals surface area (Å²) in [6, 6.07) is 0. The molecule has 64 valence electrons. The van der Waals surface area contributed by atoms with Crippen molar-refractivity contribution in [3.8, 4) is 0 Å². The van der Waals surface area contributed by atoms with E-state index in [1.807, 2.05) is 39.9 Å². The number of nitrogens with zero attached hydrogens (tertiary/aromatic N) is 1. The topological polar surface area (TPSA) is 38.2 Å². The fourth-order valence-electron chi connectivity index (χ4n) is 0. The predicted octanol–water partition coefficient (Wildman–Crippen LogP) is 2.21. The van der Waals surface area contributed by atoms with Gasteiger partial charge in [-0.05, 0) is 21.1 Å². The smallest absolute Gasteiger partial charge is 0.0140 e. The van der Waals surface area contributed by atoms with Gasteiger partial charge in [0.05, 0.1) is 0 Å². The molecule has 0 saturated carbocycles. The highest BCUT2D eigenvalue weighted by atomic mass is 35.5. The maximum absolute atomic E-state index is 2.00. The summed E-state index contributed by atoms with van der Waals surface area (Å²) in [6.45, 7) is 4.00. The Hall–Kier alpha value is 0.500. The van der Waals surface area contributed by atoms with Crippen molar-refractivity contribution in [2.45, 2.75) is 13.8 Å². The molecule has 0 aliphatic rings. The number of rotatable bonds is 0. The molecule has 0 aromatic heterocycles. The van der Waals surface area contributed by atoms with Gasteiger partial charge in [0.1, 0.15) is 0 Å². The monoisotopic (exact) mass is 178 g/mol. The molecule has 0 aliphatic heterocycles. The van der Waals surface area contributed by atoms with Crippen LogP contribution in [-0.4, -0.2) is 26.0 Å². The molecular weight excluding hydrogens is 159 g/mol. The third kappa shape index (κ3) is 1440. The molecule has 2 nitrogen and oxygen atoms in total. The van der Waals surface area contributed by atoms with Gasteiger partial charge >= 0.3 is 0 Å². The third-order valence-corrected chi connectivity index (χ3v) is 0. The minimum Gasteiger partial charge on any atom is -0.344 e. The van der Waals surface area contributed by atoms with Gasteiger partial charge in [0.15, 0.2) is 0 Å². The van der Waals surface area contributed by atoms with E-state index in [1.165, 1.54) is 0 Å². The fourth-order valence-corrected chi connectivity index (χ4v) is 0. The molecule has 0 aromatic rings. The zero-order valence-corrected chi connectivity index (χ0v) is 8.60. The first kappa shape index (κ1) is 33.9. The quantitative estimate of drug-likeness (QED) is 0.619. The first-order chi connectivity index (χ1) is 2.73. The average molecular weight is 179 g/mol. The maximum Gasteiger partial charge on any atom is -0.0140 e. The van der Waals surface area contributed by atoms with E-state index in [1.54, 1.807) is 0 Å². The Kier molecular flexibility index (Phi) is 147. The predicted molar refractivity (Wildman–Crippen MR) is 50.5 cm³/mol. The summed E-state index contributed by atoms with van der Waals surface area (Å²) >= 11 is 0. The summed E-state index contributed by atoms with van der Waals surface area (Å²) in [5.41, 5.74) is 0. The van der Waals surface area contributed by atoms with Gasteiger partial charge in [0.2, 0.25) is 0 Å². The van der Waals surface area contributed by atoms with Crippen LogP contribution in [0.5, 0.6) is 0 Å². The molecular formula is C5H20Cl2N2. The van der Waals surface area contributed by atoms with Gasteiger partial charge in [-0.2, -0.15) is 0 Å². The third-order valence-electron chi connectivity index (χ3n) is 0. The van der Waals surface area contributed by atoms with Gasteiger partial charge in [-0.25, -0.2) is 0 Å². The second-order valence-electron chi connectivity index (χ2n) is 1.34. The van der Waals surface area contributed by atoms with E-state index in [-0.39, 0.29) is 31.0 Å². The van der Waals surface area contributed by atoms with Crippen LogP contribution >= 0.6 is 24.8 Å². The van der Waals surface area contributed by atoms with E-state index >= 15 is 0 Å². The highest BCUT2D eigenvalue weighted by Crippen LogP contribution is 1.47. The van der Waals surface area contributed by atoms with Crippen LogP contribution in [-0.2, 0) is 0 Å². The van der Waals surface area contributed by atoms with Crippen LogP contribution in [0.4, 0.5) is 0 Å². The molecule has 0 atom stereocenters. The van der Waals surface area contributed by atoms with E-state index < -0.39 is 0 Å². The molecule has 0 fully saturated rings. The molecule has 0 saturated heterocycles. The molecule has 0 amide bonds. The summed E-state index contributed by atoms with van der Waals surface area (Å²) in [4.78, 5) is 2.00. The Morgan fingerprint density at radius 3 is 0.778 bits per heavy atom. The van der Waals surface area contributed by atoms with Crippen molar-refractivity contribution in [3.05, 3.63) is 0 Å². The Morgan fingerprint density at radius 1 is 0.778 bits per heavy atom. The van der Waals surface area contributed by atoms with E-state index in [2.05, 4.69) is 0 Å². The Labute approximate surface area is 71.4 Å². The zero-order chi connectivity index (χ0) is 5.58. The first-order valence-corrected chi connectivity index (χ1v) is 2.34. The van der Waals surface area contributed by atoms with Crippen molar-refractivity contribution in [2.24, 2.45) is 0 Å². The number of hydrogen-bond acceptors (Lipinski definition) is 2. The van der Waals surface area contributed by atoms with Gasteiger partial charge < -0.3 is 11.1 Å². The van der Waals surface area contributed by atoms with Crippen LogP contribution in [0.1, 0.15) is 13.8 Å². The van der Waals surface area contributed by atoms with Crippen molar-refractivity contribution < 1.29 is 0 Å². The highest BCUT2D eigenvalue weighted by molar-refractivity contribution is 5.85. The highest BCUT2D eigenvalue weighted by Gasteiger charge is 1.58. The molecule has 0 unspecified atom stereocenters. The zero-order valence-electron chi connectivity index (χ0n) is 6.97. The SMILES string of the molecule is CC.CN(C)C.Cl.Cl.N. The second-order valence-corrected chi connectivity index (χ2v) is 1.34. The van der Waals surface area contributed by atoms with Crippen molar-refractivity contribution in [1.29, 1.82) is 0 Å². The standard InChI is InChI=1S/C3H9N.C2H6.2ClH.H3N/c1-4(2)3;1-2;;;/h1-3H3;1-2H3;2*1H;1H3. The lowest BCUT2D eigenvalue weighted by Gasteiger charge is -1.90. The van der Waals surface area contributed by atoms with Crippen LogP contribution in [0.3, 0.4) is 0 Å². The maximum atomic E-state index is 2.00. The Balaban J connectivity index is -0.00000000990. The molecule has 0 aromatic carbocycles. The summed E-state index contributed by atoms with van der Waals surface area (Å²) in [5.74, 6) is 0. The lowest BCUT2D eigenvalue weighted by molar-refractivity contribution is 0.505. The lowest BCUT2D eigenvalue weighted by Crippen LogP contribution is -1.99. The van der Waals surface area contributed by atoms with Crippen LogP contribution in [0.25, 0.3) is 0 Å². The second kappa shape index (κ2) is 39.0. The molecule has 0 spiro atoms. The number of hydrogen-bond donors (Lipinski definition) is 1. The molecule has 0 bridgehead atoms. The summed E-state index contributed by atoms with van der Waals surface area (Å²) in [5, 5.41) is 0. The van der Waals surface area contributed by atoms with E-state index in [0.717, 1.165) is 0 Å². The summed E-state index contributed by atoms with van der Waals surface area (Å²) in [7, 11) is 6.00. The van der Waals surface area contributed by atoms with E-state index in [0.29, 0.717) is 0 Å². The molecule has 3 N–H and O–H groups in total. The molecule has 0 aliphatic carbocycles. The normalized spacial score (nSPS) is 4.67. The Morgan fingerprint density at radius 2 is 0.778 bits per heavy atom. The molecule has 4 heteroatoms. The van der Waals surface area contributed by atoms with Crippen molar-refractivity contribution >= 4 is 24.8 Å². The Bertz CT molecular complexity index is 17.7. The van der Waals surface area contributed by atoms with Gasteiger partial charge in [0, 0.05) is 0 Å². The summed E-state index contributed by atoms with van der Waals surface area (Å²) < 4.78 is 0. The number of halogens is 2. The van der Waals surface area contributed by atoms with Gasteiger partial charge in [-0.1, -0.05) is 13.8 Å². The van der Waals surface area contributed by atoms with Crippen LogP contribution in [0, 0.1) is 0 Å². The summed E-state index contributed by atoms with van der Waals surface area (Å²) in [6.07, 6.45) is 0. The fraction of sp³-hybridized carbons (Fsp3) is 1.00. The molecule has 0 heterocycles. The minimum absolute atomic E-state index is 0. The van der Waals surface area contributed by atoms with Crippen molar-refractivity contribution in [2.75, 3.05) is 21.1 Å². The van der Waals surface area contributed by atoms with Crippen LogP contribution in [0.2, 0.25) is 0 Å². The van der Waals surface area contributed by atoms with Crippen molar-refractivity contribution in [3.63, 3.8) is 0 Å². The lowest BCUT2D eigenvalue weighted by atomic mass is 11.0.